The fourth-order valence-electron chi connectivity index (χ4n) is 2.57. The lowest BCUT2D eigenvalue weighted by Crippen LogP contribution is -2.52. The molecule has 18 heavy (non-hydrogen) atoms. The zero-order valence-electron chi connectivity index (χ0n) is 11.1. The van der Waals surface area contributed by atoms with Crippen molar-refractivity contribution < 1.29 is 0 Å². The van der Waals surface area contributed by atoms with E-state index in [1.807, 2.05) is 18.2 Å². The molecule has 2 rings (SSSR count). The summed E-state index contributed by atoms with van der Waals surface area (Å²) < 4.78 is 0. The number of rotatable bonds is 3. The molecule has 1 heterocycles. The van der Waals surface area contributed by atoms with Gasteiger partial charge in [-0.1, -0.05) is 23.7 Å². The third-order valence-corrected chi connectivity index (χ3v) is 4.12. The van der Waals surface area contributed by atoms with E-state index in [1.54, 1.807) is 0 Å². The average Bonchev–Trinajstić information content (AvgIpc) is 2.35. The van der Waals surface area contributed by atoms with Crippen molar-refractivity contribution >= 4 is 11.6 Å². The SMILES string of the molecule is CC1CN(C(CN)c2cccc(Cl)c2)CCN1C. The fraction of sp³-hybridized carbons (Fsp3) is 0.571. The van der Waals surface area contributed by atoms with Gasteiger partial charge >= 0.3 is 0 Å². The lowest BCUT2D eigenvalue weighted by Gasteiger charge is -2.41. The molecule has 2 atom stereocenters. The van der Waals surface area contributed by atoms with Gasteiger partial charge in [-0.3, -0.25) is 4.90 Å². The zero-order valence-corrected chi connectivity index (χ0v) is 11.9. The fourth-order valence-corrected chi connectivity index (χ4v) is 2.77. The molecule has 1 aromatic carbocycles. The Labute approximate surface area is 115 Å². The van der Waals surface area contributed by atoms with Gasteiger partial charge in [0.2, 0.25) is 0 Å². The maximum Gasteiger partial charge on any atom is 0.0472 e. The molecule has 3 nitrogen and oxygen atoms in total. The predicted molar refractivity (Wildman–Crippen MR) is 76.9 cm³/mol. The van der Waals surface area contributed by atoms with Gasteiger partial charge in [-0.2, -0.15) is 0 Å². The zero-order chi connectivity index (χ0) is 13.1. The quantitative estimate of drug-likeness (QED) is 0.909. The number of benzene rings is 1. The van der Waals surface area contributed by atoms with Crippen molar-refractivity contribution in [3.8, 4) is 0 Å². The van der Waals surface area contributed by atoms with Crippen molar-refractivity contribution in [3.63, 3.8) is 0 Å². The Morgan fingerprint density at radius 3 is 2.83 bits per heavy atom. The third kappa shape index (κ3) is 3.04. The van der Waals surface area contributed by atoms with Crippen LogP contribution in [0.5, 0.6) is 0 Å². The average molecular weight is 268 g/mol. The summed E-state index contributed by atoms with van der Waals surface area (Å²) in [7, 11) is 2.18. The highest BCUT2D eigenvalue weighted by molar-refractivity contribution is 6.30. The molecule has 0 saturated carbocycles. The van der Waals surface area contributed by atoms with E-state index in [0.29, 0.717) is 12.6 Å². The Morgan fingerprint density at radius 2 is 2.22 bits per heavy atom. The van der Waals surface area contributed by atoms with Crippen molar-refractivity contribution in [1.82, 2.24) is 9.80 Å². The van der Waals surface area contributed by atoms with Gasteiger partial charge in [0.05, 0.1) is 0 Å². The monoisotopic (exact) mass is 267 g/mol. The van der Waals surface area contributed by atoms with Crippen LogP contribution in [-0.4, -0.2) is 49.1 Å². The summed E-state index contributed by atoms with van der Waals surface area (Å²) in [5.74, 6) is 0. The first-order chi connectivity index (χ1) is 8.61. The van der Waals surface area contributed by atoms with Crippen LogP contribution in [0.3, 0.4) is 0 Å². The summed E-state index contributed by atoms with van der Waals surface area (Å²) in [6.45, 7) is 6.12. The number of likely N-dealkylation sites (N-methyl/N-ethyl adjacent to an activating group) is 1. The van der Waals surface area contributed by atoms with Crippen LogP contribution in [0.25, 0.3) is 0 Å². The Balaban J connectivity index is 2.14. The second-order valence-corrected chi connectivity index (χ2v) is 5.57. The Kier molecular flexibility index (Phi) is 4.62. The van der Waals surface area contributed by atoms with Gasteiger partial charge in [-0.05, 0) is 31.7 Å². The molecule has 0 spiro atoms. The molecule has 1 aromatic rings. The molecular weight excluding hydrogens is 246 g/mol. The minimum atomic E-state index is 0.278. The van der Waals surface area contributed by atoms with Gasteiger partial charge in [0.15, 0.2) is 0 Å². The van der Waals surface area contributed by atoms with Crippen LogP contribution < -0.4 is 5.73 Å². The summed E-state index contributed by atoms with van der Waals surface area (Å²) in [4.78, 5) is 4.86. The molecule has 2 unspecified atom stereocenters. The van der Waals surface area contributed by atoms with Gasteiger partial charge < -0.3 is 10.6 Å². The van der Waals surface area contributed by atoms with Crippen LogP contribution >= 0.6 is 11.6 Å². The minimum Gasteiger partial charge on any atom is -0.329 e. The molecule has 0 aliphatic carbocycles. The van der Waals surface area contributed by atoms with Gasteiger partial charge in [-0.25, -0.2) is 0 Å². The Hall–Kier alpha value is -0.610. The number of hydrogen-bond donors (Lipinski definition) is 1. The van der Waals surface area contributed by atoms with Gasteiger partial charge in [0.1, 0.15) is 0 Å². The molecule has 0 bridgehead atoms. The highest BCUT2D eigenvalue weighted by Crippen LogP contribution is 2.24. The molecule has 1 saturated heterocycles. The van der Waals surface area contributed by atoms with E-state index < -0.39 is 0 Å². The number of nitrogens with two attached hydrogens (primary N) is 1. The van der Waals surface area contributed by atoms with Crippen molar-refractivity contribution in [1.29, 1.82) is 0 Å². The van der Waals surface area contributed by atoms with E-state index in [4.69, 9.17) is 17.3 Å². The van der Waals surface area contributed by atoms with Crippen LogP contribution in [0.4, 0.5) is 0 Å². The van der Waals surface area contributed by atoms with E-state index in [9.17, 15) is 0 Å². The largest absolute Gasteiger partial charge is 0.329 e. The molecular formula is C14H22ClN3. The lowest BCUT2D eigenvalue weighted by atomic mass is 10.0. The minimum absolute atomic E-state index is 0.278. The van der Waals surface area contributed by atoms with Crippen LogP contribution in [0.1, 0.15) is 18.5 Å². The molecule has 0 amide bonds. The van der Waals surface area contributed by atoms with Crippen LogP contribution in [-0.2, 0) is 0 Å². The Bertz CT molecular complexity index is 396. The molecule has 2 N–H and O–H groups in total. The van der Waals surface area contributed by atoms with Gasteiger partial charge in [0.25, 0.3) is 0 Å². The number of nitrogens with zero attached hydrogens (tertiary/aromatic N) is 2. The Morgan fingerprint density at radius 1 is 1.44 bits per heavy atom. The standard InChI is InChI=1S/C14H22ClN3/c1-11-10-18(7-6-17(11)2)14(9-16)12-4-3-5-13(15)8-12/h3-5,8,11,14H,6-7,9-10,16H2,1-2H3. The molecule has 4 heteroatoms. The number of halogens is 1. The summed E-state index contributed by atoms with van der Waals surface area (Å²) in [5.41, 5.74) is 7.19. The molecule has 0 aromatic heterocycles. The number of piperazine rings is 1. The van der Waals surface area contributed by atoms with Crippen LogP contribution in [0.15, 0.2) is 24.3 Å². The van der Waals surface area contributed by atoms with Crippen molar-refractivity contribution in [2.24, 2.45) is 5.73 Å². The summed E-state index contributed by atoms with van der Waals surface area (Å²) >= 11 is 6.07. The molecule has 0 radical (unpaired) electrons. The topological polar surface area (TPSA) is 32.5 Å². The normalized spacial score (nSPS) is 24.1. The summed E-state index contributed by atoms with van der Waals surface area (Å²) in [5, 5.41) is 0.785. The maximum atomic E-state index is 6.07. The molecule has 1 aliphatic rings. The summed E-state index contributed by atoms with van der Waals surface area (Å²) in [6, 6.07) is 8.91. The smallest absolute Gasteiger partial charge is 0.0472 e. The first-order valence-electron chi connectivity index (χ1n) is 6.51. The highest BCUT2D eigenvalue weighted by atomic mass is 35.5. The predicted octanol–water partition coefficient (Wildman–Crippen LogP) is 1.98. The third-order valence-electron chi connectivity index (χ3n) is 3.89. The maximum absolute atomic E-state index is 6.07. The second-order valence-electron chi connectivity index (χ2n) is 5.13. The lowest BCUT2D eigenvalue weighted by molar-refractivity contribution is 0.0741. The van der Waals surface area contributed by atoms with Crippen LogP contribution in [0.2, 0.25) is 5.02 Å². The molecule has 1 aliphatic heterocycles. The second kappa shape index (κ2) is 6.02. The van der Waals surface area contributed by atoms with Crippen molar-refractivity contribution in [2.45, 2.75) is 19.0 Å². The highest BCUT2D eigenvalue weighted by Gasteiger charge is 2.26. The van der Waals surface area contributed by atoms with Gasteiger partial charge in [0, 0.05) is 43.3 Å². The van der Waals surface area contributed by atoms with Crippen molar-refractivity contribution in [2.75, 3.05) is 33.2 Å². The first-order valence-corrected chi connectivity index (χ1v) is 6.89. The number of hydrogen-bond acceptors (Lipinski definition) is 3. The molecule has 1 fully saturated rings. The van der Waals surface area contributed by atoms with Crippen LogP contribution in [0, 0.1) is 0 Å². The van der Waals surface area contributed by atoms with E-state index in [2.05, 4.69) is 29.8 Å². The van der Waals surface area contributed by atoms with E-state index in [-0.39, 0.29) is 6.04 Å². The van der Waals surface area contributed by atoms with Crippen molar-refractivity contribution in [3.05, 3.63) is 34.9 Å². The first kappa shape index (κ1) is 13.8. The van der Waals surface area contributed by atoms with E-state index >= 15 is 0 Å². The summed E-state index contributed by atoms with van der Waals surface area (Å²) in [6.07, 6.45) is 0. The van der Waals surface area contributed by atoms with E-state index in [0.717, 1.165) is 24.7 Å². The van der Waals surface area contributed by atoms with Gasteiger partial charge in [-0.15, -0.1) is 0 Å². The molecule has 100 valence electrons. The van der Waals surface area contributed by atoms with E-state index in [1.165, 1.54) is 5.56 Å².